The molecule has 0 spiro atoms. The first-order valence-corrected chi connectivity index (χ1v) is 11.1. The van der Waals surface area contributed by atoms with Crippen molar-refractivity contribution < 1.29 is 14.2 Å². The lowest BCUT2D eigenvalue weighted by atomic mass is 10.2. The summed E-state index contributed by atoms with van der Waals surface area (Å²) in [5, 5.41) is 4.37. The standard InChI is InChI=1S/C18H17ClN2O3.C7H8.CH3NS/c1-20-11-4-5-16(13(19)8-11)24-15-6-7-21-14-10-18(23-3)17(22-2)9-12(14)15;1-7-5-3-2-4-6-7;2-1-3/h4-10,20H,1-3H3;2-6H,1H3;1H,(H2,2,3). The molecular formula is C26H28ClN3O3S. The molecule has 34 heavy (non-hydrogen) atoms. The van der Waals surface area contributed by atoms with E-state index in [1.807, 2.05) is 55.6 Å². The minimum absolute atomic E-state index is 0.521. The minimum Gasteiger partial charge on any atom is -0.493 e. The Labute approximate surface area is 210 Å². The van der Waals surface area contributed by atoms with Gasteiger partial charge in [-0.1, -0.05) is 59.7 Å². The number of methoxy groups -OCH3 is 2. The van der Waals surface area contributed by atoms with Crippen molar-refractivity contribution in [3.05, 3.63) is 83.5 Å². The van der Waals surface area contributed by atoms with Crippen LogP contribution in [0.4, 0.5) is 5.69 Å². The summed E-state index contributed by atoms with van der Waals surface area (Å²) >= 11 is 10.3. The molecule has 8 heteroatoms. The van der Waals surface area contributed by atoms with Crippen molar-refractivity contribution in [1.82, 2.24) is 4.98 Å². The Morgan fingerprint density at radius 1 is 0.912 bits per heavy atom. The number of fused-ring (bicyclic) bond motifs is 1. The molecule has 0 bridgehead atoms. The molecule has 0 unspecified atom stereocenters. The van der Waals surface area contributed by atoms with Gasteiger partial charge in [0.1, 0.15) is 11.5 Å². The van der Waals surface area contributed by atoms with Crippen LogP contribution in [0.25, 0.3) is 10.9 Å². The summed E-state index contributed by atoms with van der Waals surface area (Å²) in [7, 11) is 5.02. The van der Waals surface area contributed by atoms with Gasteiger partial charge in [0, 0.05) is 30.4 Å². The van der Waals surface area contributed by atoms with Gasteiger partial charge in [-0.3, -0.25) is 4.98 Å². The van der Waals surface area contributed by atoms with Crippen LogP contribution in [0.3, 0.4) is 0 Å². The van der Waals surface area contributed by atoms with E-state index < -0.39 is 0 Å². The maximum atomic E-state index is 6.29. The Morgan fingerprint density at radius 3 is 2.09 bits per heavy atom. The number of thiocarbonyl (C=S) groups is 1. The topological polar surface area (TPSA) is 78.6 Å². The van der Waals surface area contributed by atoms with E-state index in [1.54, 1.807) is 26.5 Å². The molecule has 3 aromatic carbocycles. The van der Waals surface area contributed by atoms with Crippen LogP contribution in [0.1, 0.15) is 5.56 Å². The van der Waals surface area contributed by atoms with Gasteiger partial charge in [0.25, 0.3) is 0 Å². The van der Waals surface area contributed by atoms with E-state index in [-0.39, 0.29) is 0 Å². The average molecular weight is 498 g/mol. The van der Waals surface area contributed by atoms with E-state index in [9.17, 15) is 0 Å². The Kier molecular flexibility index (Phi) is 10.9. The summed E-state index contributed by atoms with van der Waals surface area (Å²) < 4.78 is 16.7. The van der Waals surface area contributed by atoms with Gasteiger partial charge in [0.2, 0.25) is 0 Å². The molecule has 1 aromatic heterocycles. The molecule has 0 amide bonds. The number of benzene rings is 3. The molecule has 0 aliphatic heterocycles. The lowest BCUT2D eigenvalue weighted by Gasteiger charge is -2.13. The number of nitrogens with zero attached hydrogens (tertiary/aromatic N) is 1. The van der Waals surface area contributed by atoms with Crippen molar-refractivity contribution in [2.24, 2.45) is 5.73 Å². The van der Waals surface area contributed by atoms with Gasteiger partial charge in [-0.05, 0) is 37.3 Å². The lowest BCUT2D eigenvalue weighted by Crippen LogP contribution is -1.94. The Balaban J connectivity index is 0.000000341. The molecule has 0 saturated heterocycles. The van der Waals surface area contributed by atoms with Gasteiger partial charge in [-0.15, -0.1) is 0 Å². The number of pyridine rings is 1. The first kappa shape index (κ1) is 26.7. The number of aryl methyl sites for hydroxylation is 1. The zero-order valence-corrected chi connectivity index (χ0v) is 21.1. The van der Waals surface area contributed by atoms with Crippen LogP contribution < -0.4 is 25.3 Å². The third-order valence-electron chi connectivity index (χ3n) is 4.59. The van der Waals surface area contributed by atoms with Crippen LogP contribution in [0, 0.1) is 6.92 Å². The Morgan fingerprint density at radius 2 is 1.56 bits per heavy atom. The smallest absolute Gasteiger partial charge is 0.162 e. The summed E-state index contributed by atoms with van der Waals surface area (Å²) in [5.74, 6) is 2.43. The van der Waals surface area contributed by atoms with Crippen molar-refractivity contribution in [2.75, 3.05) is 26.6 Å². The molecule has 178 valence electrons. The fourth-order valence-corrected chi connectivity index (χ4v) is 3.15. The van der Waals surface area contributed by atoms with Gasteiger partial charge in [-0.2, -0.15) is 0 Å². The van der Waals surface area contributed by atoms with E-state index in [0.717, 1.165) is 22.1 Å². The average Bonchev–Trinajstić information content (AvgIpc) is 2.86. The van der Waals surface area contributed by atoms with Crippen molar-refractivity contribution in [3.63, 3.8) is 0 Å². The molecule has 6 nitrogen and oxygen atoms in total. The maximum absolute atomic E-state index is 6.29. The fraction of sp³-hybridized carbons (Fsp3) is 0.154. The summed E-state index contributed by atoms with van der Waals surface area (Å²) in [5.41, 5.74) is 8.60. The predicted octanol–water partition coefficient (Wildman–Crippen LogP) is 6.64. The number of rotatable bonds is 5. The van der Waals surface area contributed by atoms with Gasteiger partial charge < -0.3 is 25.3 Å². The fourth-order valence-electron chi connectivity index (χ4n) is 2.93. The number of ether oxygens (including phenoxy) is 3. The van der Waals surface area contributed by atoms with E-state index in [0.29, 0.717) is 28.0 Å². The van der Waals surface area contributed by atoms with Crippen molar-refractivity contribution in [1.29, 1.82) is 0 Å². The highest BCUT2D eigenvalue weighted by Gasteiger charge is 2.12. The molecule has 1 heterocycles. The molecule has 3 N–H and O–H groups in total. The molecular weight excluding hydrogens is 470 g/mol. The van der Waals surface area contributed by atoms with E-state index in [4.69, 9.17) is 25.8 Å². The van der Waals surface area contributed by atoms with Gasteiger partial charge in [0.05, 0.1) is 30.3 Å². The summed E-state index contributed by atoms with van der Waals surface area (Å²) in [4.78, 5) is 4.36. The number of anilines is 1. The normalized spacial score (nSPS) is 9.56. The molecule has 0 atom stereocenters. The van der Waals surface area contributed by atoms with Crippen molar-refractivity contribution in [3.8, 4) is 23.0 Å². The van der Waals surface area contributed by atoms with Crippen molar-refractivity contribution in [2.45, 2.75) is 6.92 Å². The van der Waals surface area contributed by atoms with Crippen LogP contribution in [0.2, 0.25) is 5.02 Å². The molecule has 0 saturated carbocycles. The van der Waals surface area contributed by atoms with Crippen LogP contribution >= 0.6 is 23.8 Å². The zero-order valence-electron chi connectivity index (χ0n) is 19.5. The highest BCUT2D eigenvalue weighted by Crippen LogP contribution is 2.38. The number of aromatic nitrogens is 1. The molecule has 0 aliphatic carbocycles. The van der Waals surface area contributed by atoms with Crippen LogP contribution in [-0.4, -0.2) is 31.7 Å². The quantitative estimate of drug-likeness (QED) is 0.299. The highest BCUT2D eigenvalue weighted by molar-refractivity contribution is 7.78. The lowest BCUT2D eigenvalue weighted by molar-refractivity contribution is 0.355. The first-order valence-electron chi connectivity index (χ1n) is 10.3. The number of hydrogen-bond acceptors (Lipinski definition) is 6. The Hall–Kier alpha value is -3.55. The van der Waals surface area contributed by atoms with E-state index in [1.165, 1.54) is 5.56 Å². The van der Waals surface area contributed by atoms with Crippen LogP contribution in [0.5, 0.6) is 23.0 Å². The SMILES string of the molecule is CNc1ccc(Oc2ccnc3cc(OC)c(OC)cc23)c(Cl)c1.Cc1ccccc1.NC=S. The summed E-state index contributed by atoms with van der Waals surface area (Å²) in [6.45, 7) is 2.08. The van der Waals surface area contributed by atoms with Crippen LogP contribution in [-0.2, 0) is 0 Å². The first-order chi connectivity index (χ1) is 16.5. The van der Waals surface area contributed by atoms with Crippen LogP contribution in [0.15, 0.2) is 72.9 Å². The van der Waals surface area contributed by atoms with Gasteiger partial charge in [-0.25, -0.2) is 0 Å². The van der Waals surface area contributed by atoms with Gasteiger partial charge >= 0.3 is 0 Å². The number of nitrogens with one attached hydrogen (secondary N) is 1. The summed E-state index contributed by atoms with van der Waals surface area (Å²) in [6.07, 6.45) is 1.68. The van der Waals surface area contributed by atoms with Crippen molar-refractivity contribution >= 4 is 45.9 Å². The molecule has 0 fully saturated rings. The summed E-state index contributed by atoms with van der Waals surface area (Å²) in [6, 6.07) is 21.2. The molecule has 0 aliphatic rings. The second-order valence-electron chi connectivity index (χ2n) is 6.82. The number of halogens is 1. The maximum Gasteiger partial charge on any atom is 0.162 e. The van der Waals surface area contributed by atoms with E-state index >= 15 is 0 Å². The molecule has 0 radical (unpaired) electrons. The highest BCUT2D eigenvalue weighted by atomic mass is 35.5. The third kappa shape index (κ3) is 7.50. The second-order valence-corrected chi connectivity index (χ2v) is 7.50. The van der Waals surface area contributed by atoms with E-state index in [2.05, 4.69) is 47.3 Å². The third-order valence-corrected chi connectivity index (χ3v) is 4.88. The monoisotopic (exact) mass is 497 g/mol. The largest absolute Gasteiger partial charge is 0.493 e. The number of hydrogen-bond donors (Lipinski definition) is 2. The predicted molar refractivity (Wildman–Crippen MR) is 145 cm³/mol. The zero-order chi connectivity index (χ0) is 24.9. The minimum atomic E-state index is 0.521. The molecule has 4 aromatic rings. The van der Waals surface area contributed by atoms with Gasteiger partial charge in [0.15, 0.2) is 11.5 Å². The number of nitrogens with two attached hydrogens (primary N) is 1. The molecule has 4 rings (SSSR count). The Bertz CT molecular complexity index is 1210. The second kappa shape index (κ2) is 13.9.